The fourth-order valence-corrected chi connectivity index (χ4v) is 3.46. The number of rotatable bonds is 7. The van der Waals surface area contributed by atoms with Gasteiger partial charge in [-0.3, -0.25) is 4.79 Å². The van der Waals surface area contributed by atoms with Crippen molar-refractivity contribution in [3.05, 3.63) is 64.8 Å². The molecule has 3 rings (SSSR count). The van der Waals surface area contributed by atoms with Crippen LogP contribution in [0.1, 0.15) is 35.6 Å². The minimum atomic E-state index is -0.506. The third-order valence-corrected chi connectivity index (χ3v) is 4.98. The third kappa shape index (κ3) is 5.57. The highest BCUT2D eigenvalue weighted by atomic mass is 32.2. The van der Waals surface area contributed by atoms with Gasteiger partial charge in [0.1, 0.15) is 11.6 Å². The number of carbonyl (C=O) groups excluding carboxylic acids is 1. The summed E-state index contributed by atoms with van der Waals surface area (Å²) < 4.78 is 24.2. The van der Waals surface area contributed by atoms with Gasteiger partial charge < -0.3 is 14.5 Å². The first kappa shape index (κ1) is 20.9. The zero-order chi connectivity index (χ0) is 21.0. The molecule has 0 aliphatic rings. The molecule has 1 aromatic heterocycles. The number of benzene rings is 2. The van der Waals surface area contributed by atoms with Gasteiger partial charge in [-0.1, -0.05) is 29.5 Å². The minimum absolute atomic E-state index is 0.140. The van der Waals surface area contributed by atoms with E-state index in [0.717, 1.165) is 34.1 Å². The number of aryl methyl sites for hydroxylation is 3. The molecule has 0 aliphatic carbocycles. The van der Waals surface area contributed by atoms with E-state index in [1.54, 1.807) is 6.92 Å². The molecular weight excluding hydrogens is 393 g/mol. The van der Waals surface area contributed by atoms with Crippen molar-refractivity contribution in [1.29, 1.82) is 0 Å². The van der Waals surface area contributed by atoms with Gasteiger partial charge in [0.05, 0.1) is 5.75 Å². The molecule has 0 saturated heterocycles. The topological polar surface area (TPSA) is 77.2 Å². The van der Waals surface area contributed by atoms with Gasteiger partial charge in [-0.15, -0.1) is 10.2 Å². The maximum absolute atomic E-state index is 13.0. The first-order valence-electron chi connectivity index (χ1n) is 9.08. The van der Waals surface area contributed by atoms with E-state index in [0.29, 0.717) is 5.75 Å². The summed E-state index contributed by atoms with van der Waals surface area (Å²) in [5.41, 5.74) is 4.02. The lowest BCUT2D eigenvalue weighted by atomic mass is 10.1. The number of aromatic nitrogens is 2. The van der Waals surface area contributed by atoms with Crippen molar-refractivity contribution in [3.8, 4) is 5.75 Å². The second kappa shape index (κ2) is 9.09. The molecule has 6 nitrogen and oxygen atoms in total. The Kier molecular flexibility index (Phi) is 6.53. The number of hydrogen-bond acceptors (Lipinski definition) is 6. The largest absolute Gasteiger partial charge is 0.481 e. The standard InChI is InChI=1S/C21H22FN3O3S/c1-12-9-13(2)19(14(3)10-12)23-18(26)11-29-21-25-24-20(28-21)15(4)27-17-7-5-16(22)6-8-17/h5-10,15H,11H2,1-4H3,(H,23,26)/t15-/m1/s1. The van der Waals surface area contributed by atoms with Crippen LogP contribution in [0.5, 0.6) is 5.75 Å². The Morgan fingerprint density at radius 1 is 1.17 bits per heavy atom. The summed E-state index contributed by atoms with van der Waals surface area (Å²) in [4.78, 5) is 12.3. The second-order valence-corrected chi connectivity index (χ2v) is 7.66. The van der Waals surface area contributed by atoms with Crippen LogP contribution in [-0.4, -0.2) is 21.9 Å². The molecule has 29 heavy (non-hydrogen) atoms. The summed E-state index contributed by atoms with van der Waals surface area (Å²) in [5, 5.41) is 11.1. The number of carbonyl (C=O) groups is 1. The van der Waals surface area contributed by atoms with Crippen LogP contribution in [0.3, 0.4) is 0 Å². The number of anilines is 1. The molecule has 0 bridgehead atoms. The van der Waals surface area contributed by atoms with Gasteiger partial charge in [0.25, 0.3) is 11.1 Å². The molecule has 1 amide bonds. The molecule has 1 heterocycles. The van der Waals surface area contributed by atoms with Crippen LogP contribution < -0.4 is 10.1 Å². The smallest absolute Gasteiger partial charge is 0.277 e. The predicted octanol–water partition coefficient (Wildman–Crippen LogP) is 5.00. The van der Waals surface area contributed by atoms with Crippen molar-refractivity contribution in [2.45, 2.75) is 39.0 Å². The monoisotopic (exact) mass is 415 g/mol. The zero-order valence-electron chi connectivity index (χ0n) is 16.7. The Morgan fingerprint density at radius 2 is 1.83 bits per heavy atom. The summed E-state index contributed by atoms with van der Waals surface area (Å²) in [7, 11) is 0. The van der Waals surface area contributed by atoms with Gasteiger partial charge in [0.15, 0.2) is 6.10 Å². The van der Waals surface area contributed by atoms with Crippen LogP contribution in [0.4, 0.5) is 10.1 Å². The third-order valence-electron chi connectivity index (χ3n) is 4.16. The molecular formula is C21H22FN3O3S. The predicted molar refractivity (Wildman–Crippen MR) is 110 cm³/mol. The zero-order valence-corrected chi connectivity index (χ0v) is 17.5. The SMILES string of the molecule is Cc1cc(C)c(NC(=O)CSc2nnc([C@@H](C)Oc3ccc(F)cc3)o2)c(C)c1. The lowest BCUT2D eigenvalue weighted by Gasteiger charge is -2.12. The highest BCUT2D eigenvalue weighted by Crippen LogP contribution is 2.25. The molecule has 0 unspecified atom stereocenters. The van der Waals surface area contributed by atoms with Crippen LogP contribution in [0, 0.1) is 26.6 Å². The number of ether oxygens (including phenoxy) is 1. The van der Waals surface area contributed by atoms with Crippen LogP contribution >= 0.6 is 11.8 Å². The van der Waals surface area contributed by atoms with E-state index >= 15 is 0 Å². The lowest BCUT2D eigenvalue weighted by molar-refractivity contribution is -0.113. The number of amides is 1. The molecule has 3 aromatic rings. The van der Waals surface area contributed by atoms with Gasteiger partial charge in [-0.2, -0.15) is 0 Å². The molecule has 2 aromatic carbocycles. The first-order chi connectivity index (χ1) is 13.8. The summed E-state index contributed by atoms with van der Waals surface area (Å²) >= 11 is 1.15. The summed E-state index contributed by atoms with van der Waals surface area (Å²) in [6, 6.07) is 9.74. The minimum Gasteiger partial charge on any atom is -0.481 e. The van der Waals surface area contributed by atoms with Gasteiger partial charge >= 0.3 is 0 Å². The molecule has 1 atom stereocenters. The summed E-state index contributed by atoms with van der Waals surface area (Å²) in [6.45, 7) is 7.71. The van der Waals surface area contributed by atoms with Gasteiger partial charge in [0, 0.05) is 5.69 Å². The highest BCUT2D eigenvalue weighted by Gasteiger charge is 2.17. The molecule has 0 spiro atoms. The molecule has 8 heteroatoms. The normalized spacial score (nSPS) is 11.9. The average Bonchev–Trinajstić information content (AvgIpc) is 3.14. The lowest BCUT2D eigenvalue weighted by Crippen LogP contribution is -2.15. The maximum Gasteiger partial charge on any atom is 0.277 e. The first-order valence-corrected chi connectivity index (χ1v) is 10.1. The van der Waals surface area contributed by atoms with E-state index in [1.165, 1.54) is 24.3 Å². The van der Waals surface area contributed by atoms with Crippen molar-refractivity contribution < 1.29 is 18.3 Å². The van der Waals surface area contributed by atoms with E-state index in [-0.39, 0.29) is 28.6 Å². The second-order valence-electron chi connectivity index (χ2n) is 6.73. The van der Waals surface area contributed by atoms with Crippen molar-refractivity contribution in [1.82, 2.24) is 10.2 Å². The molecule has 0 saturated carbocycles. The van der Waals surface area contributed by atoms with Gasteiger partial charge in [-0.05, 0) is 63.1 Å². The average molecular weight is 415 g/mol. The number of hydrogen-bond donors (Lipinski definition) is 1. The Labute approximate surface area is 172 Å². The van der Waals surface area contributed by atoms with Crippen molar-refractivity contribution in [2.75, 3.05) is 11.1 Å². The van der Waals surface area contributed by atoms with Crippen LogP contribution in [0.15, 0.2) is 46.0 Å². The summed E-state index contributed by atoms with van der Waals surface area (Å²) in [6.07, 6.45) is -0.506. The fraction of sp³-hybridized carbons (Fsp3) is 0.286. The summed E-state index contributed by atoms with van der Waals surface area (Å²) in [5.74, 6) is 0.426. The number of nitrogens with zero attached hydrogens (tertiary/aromatic N) is 2. The number of nitrogens with one attached hydrogen (secondary N) is 1. The van der Waals surface area contributed by atoms with E-state index in [9.17, 15) is 9.18 Å². The molecule has 1 N–H and O–H groups in total. The fourth-order valence-electron chi connectivity index (χ4n) is 2.89. The van der Waals surface area contributed by atoms with Crippen LogP contribution in [0.2, 0.25) is 0 Å². The molecule has 0 aliphatic heterocycles. The van der Waals surface area contributed by atoms with Gasteiger partial charge in [-0.25, -0.2) is 4.39 Å². The van der Waals surface area contributed by atoms with Crippen LogP contribution in [-0.2, 0) is 4.79 Å². The quantitative estimate of drug-likeness (QED) is 0.547. The van der Waals surface area contributed by atoms with E-state index < -0.39 is 6.10 Å². The van der Waals surface area contributed by atoms with Crippen LogP contribution in [0.25, 0.3) is 0 Å². The highest BCUT2D eigenvalue weighted by molar-refractivity contribution is 7.99. The van der Waals surface area contributed by atoms with E-state index in [2.05, 4.69) is 15.5 Å². The van der Waals surface area contributed by atoms with Crippen molar-refractivity contribution in [2.24, 2.45) is 0 Å². The van der Waals surface area contributed by atoms with E-state index in [4.69, 9.17) is 9.15 Å². The Bertz CT molecular complexity index is 982. The maximum atomic E-state index is 13.0. The number of thioether (sulfide) groups is 1. The Balaban J connectivity index is 1.55. The molecule has 0 radical (unpaired) electrons. The van der Waals surface area contributed by atoms with Crippen molar-refractivity contribution in [3.63, 3.8) is 0 Å². The Morgan fingerprint density at radius 3 is 2.48 bits per heavy atom. The number of halogens is 1. The van der Waals surface area contributed by atoms with Crippen molar-refractivity contribution >= 4 is 23.4 Å². The molecule has 0 fully saturated rings. The van der Waals surface area contributed by atoms with E-state index in [1.807, 2.05) is 32.9 Å². The Hall–Kier alpha value is -2.87. The molecule has 152 valence electrons. The van der Waals surface area contributed by atoms with Gasteiger partial charge in [0.2, 0.25) is 5.91 Å².